The van der Waals surface area contributed by atoms with Crippen molar-refractivity contribution in [3.05, 3.63) is 0 Å². The fourth-order valence-corrected chi connectivity index (χ4v) is 2.41. The molecule has 10 heteroatoms. The van der Waals surface area contributed by atoms with Crippen molar-refractivity contribution < 1.29 is 50.0 Å². The molecule has 0 bridgehead atoms. The Kier molecular flexibility index (Phi) is 5.72. The predicted octanol–water partition coefficient (Wildman–Crippen LogP) is -4.37. The lowest BCUT2D eigenvalue weighted by molar-refractivity contribution is -0.322. The molecule has 0 radical (unpaired) electrons. The summed E-state index contributed by atoms with van der Waals surface area (Å²) in [6, 6.07) is 0. The van der Waals surface area contributed by atoms with Gasteiger partial charge in [0.25, 0.3) is 0 Å². The molecule has 2 aliphatic heterocycles. The molecule has 0 aromatic rings. The highest BCUT2D eigenvalue weighted by Crippen LogP contribution is 2.24. The molecule has 130 valence electrons. The van der Waals surface area contributed by atoms with Gasteiger partial charge < -0.3 is 50.0 Å². The number of rotatable bonds is 3. The summed E-state index contributed by atoms with van der Waals surface area (Å²) < 4.78 is 15.3. The van der Waals surface area contributed by atoms with Crippen molar-refractivity contribution in [1.29, 1.82) is 0 Å². The van der Waals surface area contributed by atoms with Gasteiger partial charge in [-0.15, -0.1) is 0 Å². The Bertz CT molecular complexity index is 334. The zero-order valence-electron chi connectivity index (χ0n) is 11.8. The highest BCUT2D eigenvalue weighted by atomic mass is 16.7. The maximum atomic E-state index is 9.76. The molecule has 2 aliphatic rings. The van der Waals surface area contributed by atoms with Crippen LogP contribution in [0.15, 0.2) is 0 Å². The Morgan fingerprint density at radius 1 is 0.727 bits per heavy atom. The summed E-state index contributed by atoms with van der Waals surface area (Å²) in [5.41, 5.74) is 0. The standard InChI is InChI=1S/C12H22O10/c1-3-5(13)7(15)10(18)12(21-3)20-2-4-6(14)8(16)9(17)11(19)22-4/h3-19H,2H2,1H3/t3-,4-,5+,6-,7+,8+,9-,10-,11-,12-/m1/s1. The van der Waals surface area contributed by atoms with Crippen molar-refractivity contribution in [2.24, 2.45) is 0 Å². The molecule has 10 nitrogen and oxygen atoms in total. The van der Waals surface area contributed by atoms with Crippen molar-refractivity contribution in [3.63, 3.8) is 0 Å². The van der Waals surface area contributed by atoms with Crippen LogP contribution in [-0.4, -0.2) is 104 Å². The maximum Gasteiger partial charge on any atom is 0.186 e. The van der Waals surface area contributed by atoms with Crippen LogP contribution in [0.25, 0.3) is 0 Å². The number of hydrogen-bond acceptors (Lipinski definition) is 10. The summed E-state index contributed by atoms with van der Waals surface area (Å²) in [5, 5.41) is 67.0. The Labute approximate surface area is 126 Å². The van der Waals surface area contributed by atoms with Gasteiger partial charge in [0.15, 0.2) is 12.6 Å². The van der Waals surface area contributed by atoms with E-state index in [1.165, 1.54) is 6.92 Å². The van der Waals surface area contributed by atoms with E-state index in [0.29, 0.717) is 0 Å². The van der Waals surface area contributed by atoms with Crippen LogP contribution in [0.3, 0.4) is 0 Å². The minimum atomic E-state index is -1.70. The minimum Gasteiger partial charge on any atom is -0.388 e. The molecular formula is C12H22O10. The van der Waals surface area contributed by atoms with E-state index in [1.54, 1.807) is 0 Å². The first-order chi connectivity index (χ1) is 10.2. The molecule has 0 aliphatic carbocycles. The molecule has 0 unspecified atom stereocenters. The first-order valence-corrected chi connectivity index (χ1v) is 6.93. The SMILES string of the molecule is C[C@H]1O[C@@H](OC[C@H]2O[C@@H](O)[C@H](O)[C@@H](O)[C@@H]2O)[C@H](O)[C@@H](O)[C@H]1O. The molecule has 0 amide bonds. The van der Waals surface area contributed by atoms with Gasteiger partial charge in [0.1, 0.15) is 42.7 Å². The second-order valence-corrected chi connectivity index (χ2v) is 5.55. The van der Waals surface area contributed by atoms with Crippen LogP contribution in [0.2, 0.25) is 0 Å². The average molecular weight is 326 g/mol. The predicted molar refractivity (Wildman–Crippen MR) is 67.2 cm³/mol. The summed E-state index contributed by atoms with van der Waals surface area (Å²) in [5.74, 6) is 0. The Morgan fingerprint density at radius 2 is 1.32 bits per heavy atom. The molecule has 0 aromatic heterocycles. The van der Waals surface area contributed by atoms with Crippen molar-refractivity contribution in [1.82, 2.24) is 0 Å². The number of aliphatic hydroxyl groups is 7. The van der Waals surface area contributed by atoms with E-state index in [2.05, 4.69) is 0 Å². The van der Waals surface area contributed by atoms with Gasteiger partial charge in [-0.3, -0.25) is 0 Å². The Balaban J connectivity index is 1.92. The fourth-order valence-electron chi connectivity index (χ4n) is 2.41. The van der Waals surface area contributed by atoms with Crippen LogP contribution in [-0.2, 0) is 14.2 Å². The molecule has 2 fully saturated rings. The van der Waals surface area contributed by atoms with Crippen LogP contribution >= 0.6 is 0 Å². The third kappa shape index (κ3) is 3.41. The summed E-state index contributed by atoms with van der Waals surface area (Å²) in [6.07, 6.45) is -14.0. The summed E-state index contributed by atoms with van der Waals surface area (Å²) >= 11 is 0. The topological polar surface area (TPSA) is 169 Å². The third-order valence-electron chi connectivity index (χ3n) is 3.92. The van der Waals surface area contributed by atoms with E-state index in [4.69, 9.17) is 14.2 Å². The van der Waals surface area contributed by atoms with Crippen LogP contribution in [0.5, 0.6) is 0 Å². The summed E-state index contributed by atoms with van der Waals surface area (Å²) in [4.78, 5) is 0. The lowest BCUT2D eigenvalue weighted by Crippen LogP contribution is -2.60. The van der Waals surface area contributed by atoms with E-state index in [0.717, 1.165) is 0 Å². The molecule has 0 spiro atoms. The molecule has 2 heterocycles. The molecule has 22 heavy (non-hydrogen) atoms. The van der Waals surface area contributed by atoms with Crippen LogP contribution in [0.4, 0.5) is 0 Å². The summed E-state index contributed by atoms with van der Waals surface area (Å²) in [7, 11) is 0. The van der Waals surface area contributed by atoms with Crippen molar-refractivity contribution in [2.75, 3.05) is 6.61 Å². The first kappa shape index (κ1) is 17.9. The molecule has 0 saturated carbocycles. The second-order valence-electron chi connectivity index (χ2n) is 5.55. The maximum absolute atomic E-state index is 9.76. The molecule has 0 aromatic carbocycles. The lowest BCUT2D eigenvalue weighted by Gasteiger charge is -2.41. The van der Waals surface area contributed by atoms with Crippen molar-refractivity contribution in [3.8, 4) is 0 Å². The zero-order valence-corrected chi connectivity index (χ0v) is 11.8. The quantitative estimate of drug-likeness (QED) is 0.269. The van der Waals surface area contributed by atoms with Gasteiger partial charge >= 0.3 is 0 Å². The summed E-state index contributed by atoms with van der Waals surface area (Å²) in [6.45, 7) is 1.09. The number of ether oxygens (including phenoxy) is 3. The monoisotopic (exact) mass is 326 g/mol. The molecule has 7 N–H and O–H groups in total. The molecule has 2 saturated heterocycles. The lowest BCUT2D eigenvalue weighted by atomic mass is 9.99. The van der Waals surface area contributed by atoms with Gasteiger partial charge in [0.05, 0.1) is 12.7 Å². The van der Waals surface area contributed by atoms with Crippen LogP contribution in [0.1, 0.15) is 6.92 Å². The Hall–Kier alpha value is -0.400. The van der Waals surface area contributed by atoms with E-state index in [1.807, 2.05) is 0 Å². The van der Waals surface area contributed by atoms with Gasteiger partial charge in [0.2, 0.25) is 0 Å². The molecule has 2 rings (SSSR count). The highest BCUT2D eigenvalue weighted by Gasteiger charge is 2.45. The van der Waals surface area contributed by atoms with Gasteiger partial charge in [-0.25, -0.2) is 0 Å². The number of aliphatic hydroxyl groups excluding tert-OH is 7. The van der Waals surface area contributed by atoms with Crippen molar-refractivity contribution in [2.45, 2.75) is 68.3 Å². The molecule has 10 atom stereocenters. The Morgan fingerprint density at radius 3 is 1.95 bits per heavy atom. The highest BCUT2D eigenvalue weighted by molar-refractivity contribution is 4.90. The zero-order chi connectivity index (χ0) is 16.6. The average Bonchev–Trinajstić information content (AvgIpc) is 2.49. The van der Waals surface area contributed by atoms with Crippen LogP contribution < -0.4 is 0 Å². The fraction of sp³-hybridized carbons (Fsp3) is 1.00. The van der Waals surface area contributed by atoms with Crippen molar-refractivity contribution >= 4 is 0 Å². The van der Waals surface area contributed by atoms with E-state index in [9.17, 15) is 35.7 Å². The molecular weight excluding hydrogens is 304 g/mol. The van der Waals surface area contributed by atoms with E-state index < -0.39 is 61.4 Å². The van der Waals surface area contributed by atoms with Gasteiger partial charge in [0, 0.05) is 0 Å². The third-order valence-corrected chi connectivity index (χ3v) is 3.92. The smallest absolute Gasteiger partial charge is 0.186 e. The van der Waals surface area contributed by atoms with Gasteiger partial charge in [-0.05, 0) is 6.92 Å². The first-order valence-electron chi connectivity index (χ1n) is 6.93. The second kappa shape index (κ2) is 7.01. The number of hydrogen-bond donors (Lipinski definition) is 7. The normalized spacial score (nSPS) is 53.5. The minimum absolute atomic E-state index is 0.390. The van der Waals surface area contributed by atoms with E-state index >= 15 is 0 Å². The van der Waals surface area contributed by atoms with E-state index in [-0.39, 0.29) is 6.61 Å². The largest absolute Gasteiger partial charge is 0.388 e. The van der Waals surface area contributed by atoms with Crippen LogP contribution in [0, 0.1) is 0 Å². The van der Waals surface area contributed by atoms with Gasteiger partial charge in [-0.2, -0.15) is 0 Å². The van der Waals surface area contributed by atoms with Gasteiger partial charge in [-0.1, -0.05) is 0 Å².